The first-order valence-corrected chi connectivity index (χ1v) is 7.01. The van der Waals surface area contributed by atoms with Gasteiger partial charge in [-0.3, -0.25) is 4.79 Å². The predicted molar refractivity (Wildman–Crippen MR) is 63.7 cm³/mol. The van der Waals surface area contributed by atoms with Crippen molar-refractivity contribution < 1.29 is 9.53 Å². The number of carbonyl (C=O) groups is 1. The first kappa shape index (κ1) is 13.4. The fourth-order valence-electron chi connectivity index (χ4n) is 0.473. The van der Waals surface area contributed by atoms with Crippen molar-refractivity contribution in [1.29, 1.82) is 0 Å². The Kier molecular flexibility index (Phi) is 7.57. The van der Waals surface area contributed by atoms with Crippen LogP contribution in [0.3, 0.4) is 0 Å². The van der Waals surface area contributed by atoms with Crippen LogP contribution in [-0.2, 0) is 9.53 Å². The first-order valence-electron chi connectivity index (χ1n) is 3.14. The second kappa shape index (κ2) is 6.79. The standard InChI is InChI=1S/C6H8Br4O2/c1-3(11)12-6(10)5(9)4(8)2-7/h4-6H,2H2,1H3. The number of hydrogen-bond acceptors (Lipinski definition) is 2. The lowest BCUT2D eigenvalue weighted by Gasteiger charge is -2.19. The van der Waals surface area contributed by atoms with Crippen LogP contribution in [0.5, 0.6) is 0 Å². The number of ether oxygens (including phenoxy) is 1. The molecule has 0 aliphatic carbocycles. The molecule has 0 N–H and O–H groups in total. The van der Waals surface area contributed by atoms with Crippen LogP contribution in [0, 0.1) is 0 Å². The lowest BCUT2D eigenvalue weighted by molar-refractivity contribution is -0.142. The summed E-state index contributed by atoms with van der Waals surface area (Å²) >= 11 is 13.4. The molecule has 0 radical (unpaired) electrons. The maximum Gasteiger partial charge on any atom is 0.303 e. The zero-order chi connectivity index (χ0) is 9.72. The zero-order valence-electron chi connectivity index (χ0n) is 6.27. The summed E-state index contributed by atoms with van der Waals surface area (Å²) < 4.78 is 4.91. The Morgan fingerprint density at radius 3 is 2.25 bits per heavy atom. The van der Waals surface area contributed by atoms with Gasteiger partial charge in [-0.15, -0.1) is 0 Å². The molecule has 0 rings (SSSR count). The zero-order valence-corrected chi connectivity index (χ0v) is 12.6. The van der Waals surface area contributed by atoms with Gasteiger partial charge in [0.15, 0.2) is 5.01 Å². The smallest absolute Gasteiger partial charge is 0.303 e. The lowest BCUT2D eigenvalue weighted by Crippen LogP contribution is -2.28. The van der Waals surface area contributed by atoms with Crippen LogP contribution < -0.4 is 0 Å². The monoisotopic (exact) mass is 428 g/mol. The maximum atomic E-state index is 10.6. The van der Waals surface area contributed by atoms with E-state index in [1.807, 2.05) is 0 Å². The predicted octanol–water partition coefficient (Wildman–Crippen LogP) is 3.19. The van der Waals surface area contributed by atoms with Crippen LogP contribution >= 0.6 is 63.7 Å². The molecule has 6 heteroatoms. The number of halogens is 4. The summed E-state index contributed by atoms with van der Waals surface area (Å²) in [7, 11) is 0. The fraction of sp³-hybridized carbons (Fsp3) is 0.833. The molecule has 0 aromatic heterocycles. The Labute approximate surface area is 105 Å². The Morgan fingerprint density at radius 2 is 1.92 bits per heavy atom. The van der Waals surface area contributed by atoms with Crippen LogP contribution in [0.15, 0.2) is 0 Å². The number of alkyl halides is 4. The van der Waals surface area contributed by atoms with E-state index >= 15 is 0 Å². The Morgan fingerprint density at radius 1 is 1.42 bits per heavy atom. The molecular formula is C6H8Br4O2. The van der Waals surface area contributed by atoms with E-state index in [-0.39, 0.29) is 20.6 Å². The van der Waals surface area contributed by atoms with Crippen LogP contribution in [0.2, 0.25) is 0 Å². The third-order valence-electron chi connectivity index (χ3n) is 1.02. The topological polar surface area (TPSA) is 26.3 Å². The van der Waals surface area contributed by atoms with Gasteiger partial charge in [0, 0.05) is 17.1 Å². The van der Waals surface area contributed by atoms with Crippen molar-refractivity contribution in [3.05, 3.63) is 0 Å². The minimum absolute atomic E-state index is 0.0424. The molecule has 3 unspecified atom stereocenters. The van der Waals surface area contributed by atoms with Crippen molar-refractivity contribution in [2.45, 2.75) is 21.6 Å². The number of esters is 1. The average molecular weight is 432 g/mol. The lowest BCUT2D eigenvalue weighted by atomic mass is 10.3. The van der Waals surface area contributed by atoms with E-state index in [1.54, 1.807) is 0 Å². The van der Waals surface area contributed by atoms with E-state index in [1.165, 1.54) is 6.92 Å². The SMILES string of the molecule is CC(=O)OC(Br)C(Br)C(Br)CBr. The summed E-state index contributed by atoms with van der Waals surface area (Å²) in [6.45, 7) is 1.38. The highest BCUT2D eigenvalue weighted by molar-refractivity contribution is 9.14. The van der Waals surface area contributed by atoms with Crippen molar-refractivity contribution in [1.82, 2.24) is 0 Å². The highest BCUT2D eigenvalue weighted by Gasteiger charge is 2.24. The minimum atomic E-state index is -0.308. The third kappa shape index (κ3) is 5.19. The van der Waals surface area contributed by atoms with Crippen LogP contribution in [0.25, 0.3) is 0 Å². The molecule has 0 saturated carbocycles. The molecule has 2 nitrogen and oxygen atoms in total. The van der Waals surface area contributed by atoms with Crippen molar-refractivity contribution in [2.75, 3.05) is 5.33 Å². The van der Waals surface area contributed by atoms with Gasteiger partial charge in [0.05, 0.1) is 4.83 Å². The van der Waals surface area contributed by atoms with Gasteiger partial charge >= 0.3 is 5.97 Å². The number of hydrogen-bond donors (Lipinski definition) is 0. The third-order valence-corrected chi connectivity index (χ3v) is 6.78. The van der Waals surface area contributed by atoms with E-state index in [0.29, 0.717) is 0 Å². The molecule has 72 valence electrons. The maximum absolute atomic E-state index is 10.6. The van der Waals surface area contributed by atoms with E-state index in [0.717, 1.165) is 5.33 Å². The summed E-state index contributed by atoms with van der Waals surface area (Å²) in [5.41, 5.74) is 0. The molecule has 0 heterocycles. The van der Waals surface area contributed by atoms with E-state index in [2.05, 4.69) is 63.7 Å². The molecular weight excluding hydrogens is 424 g/mol. The van der Waals surface area contributed by atoms with Gasteiger partial charge in [-0.25, -0.2) is 0 Å². The van der Waals surface area contributed by atoms with Crippen molar-refractivity contribution >= 4 is 69.7 Å². The summed E-state index contributed by atoms with van der Waals surface area (Å²) in [5.74, 6) is -0.296. The molecule has 0 saturated heterocycles. The normalized spacial score (nSPS) is 18.1. The second-order valence-corrected chi connectivity index (χ2v) is 5.86. The Balaban J connectivity index is 3.91. The van der Waals surface area contributed by atoms with Gasteiger partial charge in [0.25, 0.3) is 0 Å². The van der Waals surface area contributed by atoms with Gasteiger partial charge in [-0.1, -0.05) is 47.8 Å². The highest BCUT2D eigenvalue weighted by Crippen LogP contribution is 2.25. The highest BCUT2D eigenvalue weighted by atomic mass is 79.9. The van der Waals surface area contributed by atoms with Crippen LogP contribution in [-0.4, -0.2) is 26.0 Å². The summed E-state index contributed by atoms with van der Waals surface area (Å²) in [4.78, 5) is 10.8. The number of rotatable bonds is 4. The van der Waals surface area contributed by atoms with Gasteiger partial charge in [-0.2, -0.15) is 0 Å². The molecule has 0 aliphatic heterocycles. The summed E-state index contributed by atoms with van der Waals surface area (Å²) in [5, 5.41) is 0.476. The van der Waals surface area contributed by atoms with E-state index in [9.17, 15) is 4.79 Å². The van der Waals surface area contributed by atoms with Gasteiger partial charge < -0.3 is 4.74 Å². The van der Waals surface area contributed by atoms with E-state index < -0.39 is 0 Å². The Hall–Kier alpha value is 1.39. The first-order chi connectivity index (χ1) is 5.49. The van der Waals surface area contributed by atoms with Crippen molar-refractivity contribution in [2.24, 2.45) is 0 Å². The van der Waals surface area contributed by atoms with E-state index in [4.69, 9.17) is 4.74 Å². The van der Waals surface area contributed by atoms with Crippen LogP contribution in [0.4, 0.5) is 0 Å². The molecule has 0 aliphatic rings. The average Bonchev–Trinajstić information content (AvgIpc) is 2.00. The van der Waals surface area contributed by atoms with Crippen molar-refractivity contribution in [3.63, 3.8) is 0 Å². The summed E-state index contributed by atoms with van der Waals surface area (Å²) in [6.07, 6.45) is 0. The molecule has 12 heavy (non-hydrogen) atoms. The van der Waals surface area contributed by atoms with Gasteiger partial charge in [0.1, 0.15) is 0 Å². The molecule has 0 spiro atoms. The Bertz CT molecular complexity index is 152. The fourth-order valence-corrected chi connectivity index (χ4v) is 2.99. The molecule has 0 bridgehead atoms. The van der Waals surface area contributed by atoms with Gasteiger partial charge in [0.2, 0.25) is 0 Å². The summed E-state index contributed by atoms with van der Waals surface area (Å²) in [6, 6.07) is 0. The largest absolute Gasteiger partial charge is 0.450 e. The molecule has 0 aromatic rings. The van der Waals surface area contributed by atoms with Crippen molar-refractivity contribution in [3.8, 4) is 0 Å². The molecule has 0 fully saturated rings. The van der Waals surface area contributed by atoms with Gasteiger partial charge in [-0.05, 0) is 15.9 Å². The molecule has 0 aromatic carbocycles. The minimum Gasteiger partial charge on any atom is -0.450 e. The number of carbonyl (C=O) groups excluding carboxylic acids is 1. The molecule has 0 amide bonds. The quantitative estimate of drug-likeness (QED) is 0.505. The van der Waals surface area contributed by atoms with Crippen LogP contribution in [0.1, 0.15) is 6.92 Å². The second-order valence-electron chi connectivity index (χ2n) is 2.08. The molecule has 3 atom stereocenters.